The number of thioether (sulfide) groups is 1. The fourth-order valence-electron chi connectivity index (χ4n) is 1.91. The Morgan fingerprint density at radius 2 is 1.83 bits per heavy atom. The molecule has 0 spiro atoms. The fourth-order valence-corrected chi connectivity index (χ4v) is 2.98. The highest BCUT2D eigenvalue weighted by Crippen LogP contribution is 2.24. The van der Waals surface area contributed by atoms with E-state index in [1.807, 2.05) is 54.6 Å². The van der Waals surface area contributed by atoms with Crippen molar-refractivity contribution in [3.63, 3.8) is 0 Å². The fraction of sp³-hybridized carbons (Fsp3) is 0.0625. The van der Waals surface area contributed by atoms with Crippen LogP contribution in [0.4, 0.5) is 17.6 Å². The van der Waals surface area contributed by atoms with Crippen LogP contribution >= 0.6 is 23.4 Å². The van der Waals surface area contributed by atoms with E-state index in [1.165, 1.54) is 0 Å². The molecule has 0 amide bonds. The van der Waals surface area contributed by atoms with E-state index in [4.69, 9.17) is 17.3 Å². The highest BCUT2D eigenvalue weighted by Gasteiger charge is 2.06. The van der Waals surface area contributed by atoms with Gasteiger partial charge in [0.15, 0.2) is 0 Å². The van der Waals surface area contributed by atoms with Gasteiger partial charge in [-0.15, -0.1) is 11.8 Å². The highest BCUT2D eigenvalue weighted by atomic mass is 35.5. The Kier molecular flexibility index (Phi) is 4.95. The molecule has 3 N–H and O–H groups in total. The topological polar surface area (TPSA) is 76.7 Å². The Labute approximate surface area is 143 Å². The largest absolute Gasteiger partial charge is 0.368 e. The summed E-state index contributed by atoms with van der Waals surface area (Å²) in [4.78, 5) is 13.7. The predicted molar refractivity (Wildman–Crippen MR) is 95.0 cm³/mol. The van der Waals surface area contributed by atoms with Gasteiger partial charge in [0.2, 0.25) is 11.9 Å². The molecule has 0 aliphatic heterocycles. The number of nitrogens with two attached hydrogens (primary N) is 1. The lowest BCUT2D eigenvalue weighted by molar-refractivity contribution is 0.982. The zero-order valence-corrected chi connectivity index (χ0v) is 13.7. The van der Waals surface area contributed by atoms with Crippen LogP contribution in [0, 0.1) is 0 Å². The molecule has 0 unspecified atom stereocenters. The number of nitrogens with zero attached hydrogens (tertiary/aromatic N) is 3. The molecule has 3 aromatic rings. The molecule has 1 heterocycles. The van der Waals surface area contributed by atoms with Crippen molar-refractivity contribution in [2.24, 2.45) is 0 Å². The van der Waals surface area contributed by atoms with E-state index in [0.717, 1.165) is 10.6 Å². The molecule has 0 aliphatic rings. The van der Waals surface area contributed by atoms with Crippen LogP contribution in [0.3, 0.4) is 0 Å². The van der Waals surface area contributed by atoms with Crippen molar-refractivity contribution in [1.82, 2.24) is 15.0 Å². The number of hydrogen-bond acceptors (Lipinski definition) is 6. The minimum absolute atomic E-state index is 0.195. The third-order valence-electron chi connectivity index (χ3n) is 2.89. The van der Waals surface area contributed by atoms with Crippen LogP contribution < -0.4 is 11.1 Å². The maximum Gasteiger partial charge on any atom is 0.232 e. The Morgan fingerprint density at radius 1 is 1.00 bits per heavy atom. The summed E-state index contributed by atoms with van der Waals surface area (Å²) in [7, 11) is 0. The monoisotopic (exact) mass is 343 g/mol. The quantitative estimate of drug-likeness (QED) is 0.678. The summed E-state index contributed by atoms with van der Waals surface area (Å²) in [6.07, 6.45) is 0. The number of rotatable bonds is 5. The summed E-state index contributed by atoms with van der Waals surface area (Å²) in [6.45, 7) is 0. The van der Waals surface area contributed by atoms with Gasteiger partial charge in [0.1, 0.15) is 5.82 Å². The van der Waals surface area contributed by atoms with Gasteiger partial charge < -0.3 is 11.1 Å². The maximum atomic E-state index is 5.98. The SMILES string of the molecule is Nc1nc(CSc2cccc(Cl)c2)nc(Nc2ccccc2)n1. The molecule has 2 aromatic carbocycles. The van der Waals surface area contributed by atoms with Crippen LogP contribution in [0.1, 0.15) is 5.82 Å². The lowest BCUT2D eigenvalue weighted by atomic mass is 10.3. The smallest absolute Gasteiger partial charge is 0.232 e. The number of benzene rings is 2. The zero-order valence-electron chi connectivity index (χ0n) is 12.1. The van der Waals surface area contributed by atoms with Crippen LogP contribution in [0.5, 0.6) is 0 Å². The van der Waals surface area contributed by atoms with E-state index in [2.05, 4.69) is 20.3 Å². The molecular weight excluding hydrogens is 330 g/mol. The molecular formula is C16H14ClN5S. The Hall–Kier alpha value is -2.31. The summed E-state index contributed by atoms with van der Waals surface area (Å²) < 4.78 is 0. The number of aromatic nitrogens is 3. The minimum atomic E-state index is 0.195. The van der Waals surface area contributed by atoms with Gasteiger partial charge in [-0.25, -0.2) is 0 Å². The average molecular weight is 344 g/mol. The van der Waals surface area contributed by atoms with Crippen molar-refractivity contribution < 1.29 is 0 Å². The van der Waals surface area contributed by atoms with Gasteiger partial charge in [-0.05, 0) is 30.3 Å². The van der Waals surface area contributed by atoms with Crippen molar-refractivity contribution >= 4 is 40.9 Å². The molecule has 5 nitrogen and oxygen atoms in total. The normalized spacial score (nSPS) is 10.5. The number of anilines is 3. The van der Waals surface area contributed by atoms with Gasteiger partial charge in [-0.2, -0.15) is 15.0 Å². The number of nitrogen functional groups attached to an aromatic ring is 1. The molecule has 23 heavy (non-hydrogen) atoms. The van der Waals surface area contributed by atoms with Crippen molar-refractivity contribution in [2.75, 3.05) is 11.1 Å². The molecule has 116 valence electrons. The molecule has 0 fully saturated rings. The Balaban J connectivity index is 1.72. The van der Waals surface area contributed by atoms with E-state index in [9.17, 15) is 0 Å². The van der Waals surface area contributed by atoms with Gasteiger partial charge in [0.25, 0.3) is 0 Å². The first-order valence-corrected chi connectivity index (χ1v) is 8.26. The standard InChI is InChI=1S/C16H14ClN5S/c17-11-5-4-8-13(9-11)23-10-14-20-15(18)22-16(21-14)19-12-6-2-1-3-7-12/h1-9H,10H2,(H3,18,19,20,21,22). The van der Waals surface area contributed by atoms with E-state index < -0.39 is 0 Å². The van der Waals surface area contributed by atoms with E-state index in [-0.39, 0.29) is 5.95 Å². The van der Waals surface area contributed by atoms with Gasteiger partial charge in [-0.1, -0.05) is 35.9 Å². The summed E-state index contributed by atoms with van der Waals surface area (Å²) in [6, 6.07) is 17.3. The molecule has 0 bridgehead atoms. The first-order valence-electron chi connectivity index (χ1n) is 6.90. The zero-order chi connectivity index (χ0) is 16.1. The van der Waals surface area contributed by atoms with Gasteiger partial charge in [0.05, 0.1) is 5.75 Å². The minimum Gasteiger partial charge on any atom is -0.368 e. The molecule has 3 rings (SSSR count). The second-order valence-electron chi connectivity index (χ2n) is 4.67. The van der Waals surface area contributed by atoms with Crippen LogP contribution in [0.15, 0.2) is 59.5 Å². The van der Waals surface area contributed by atoms with Crippen LogP contribution in [-0.4, -0.2) is 15.0 Å². The molecule has 1 aromatic heterocycles. The average Bonchev–Trinajstić information content (AvgIpc) is 2.53. The number of para-hydroxylation sites is 1. The Bertz CT molecular complexity index is 797. The molecule has 0 aliphatic carbocycles. The van der Waals surface area contributed by atoms with Crippen molar-refractivity contribution in [1.29, 1.82) is 0 Å². The maximum absolute atomic E-state index is 5.98. The third kappa shape index (κ3) is 4.58. The van der Waals surface area contributed by atoms with E-state index >= 15 is 0 Å². The first-order chi connectivity index (χ1) is 11.2. The van der Waals surface area contributed by atoms with Crippen molar-refractivity contribution in [2.45, 2.75) is 10.6 Å². The Morgan fingerprint density at radius 3 is 2.61 bits per heavy atom. The second kappa shape index (κ2) is 7.30. The predicted octanol–water partition coefficient (Wildman–Crippen LogP) is 4.14. The van der Waals surface area contributed by atoms with Gasteiger partial charge >= 0.3 is 0 Å². The molecule has 7 heteroatoms. The first kappa shape index (κ1) is 15.6. The molecule has 0 radical (unpaired) electrons. The summed E-state index contributed by atoms with van der Waals surface area (Å²) in [5.74, 6) is 1.82. The van der Waals surface area contributed by atoms with Crippen LogP contribution in [0.25, 0.3) is 0 Å². The van der Waals surface area contributed by atoms with Crippen molar-refractivity contribution in [3.8, 4) is 0 Å². The summed E-state index contributed by atoms with van der Waals surface area (Å²) in [5, 5.41) is 3.83. The number of nitrogens with one attached hydrogen (secondary N) is 1. The summed E-state index contributed by atoms with van der Waals surface area (Å²) >= 11 is 7.57. The lowest BCUT2D eigenvalue weighted by Gasteiger charge is -2.07. The van der Waals surface area contributed by atoms with Gasteiger partial charge in [0, 0.05) is 15.6 Å². The number of halogens is 1. The lowest BCUT2D eigenvalue weighted by Crippen LogP contribution is -2.06. The molecule has 0 atom stereocenters. The van der Waals surface area contributed by atoms with Crippen LogP contribution in [0.2, 0.25) is 5.02 Å². The van der Waals surface area contributed by atoms with Crippen molar-refractivity contribution in [3.05, 3.63) is 65.4 Å². The second-order valence-corrected chi connectivity index (χ2v) is 6.16. The van der Waals surface area contributed by atoms with E-state index in [1.54, 1.807) is 11.8 Å². The van der Waals surface area contributed by atoms with Gasteiger partial charge in [-0.3, -0.25) is 0 Å². The summed E-state index contributed by atoms with van der Waals surface area (Å²) in [5.41, 5.74) is 6.67. The molecule has 0 saturated carbocycles. The van der Waals surface area contributed by atoms with E-state index in [0.29, 0.717) is 22.5 Å². The number of hydrogen-bond donors (Lipinski definition) is 2. The highest BCUT2D eigenvalue weighted by molar-refractivity contribution is 7.98. The third-order valence-corrected chi connectivity index (χ3v) is 4.12. The van der Waals surface area contributed by atoms with Crippen LogP contribution in [-0.2, 0) is 5.75 Å². The molecule has 0 saturated heterocycles.